The van der Waals surface area contributed by atoms with E-state index in [0.717, 1.165) is 12.4 Å². The van der Waals surface area contributed by atoms with E-state index in [-0.39, 0.29) is 12.1 Å². The second-order valence-corrected chi connectivity index (χ2v) is 6.96. The first-order valence-corrected chi connectivity index (χ1v) is 9.00. The fourth-order valence-corrected chi connectivity index (χ4v) is 3.94. The molecule has 2 atom stereocenters. The third-order valence-corrected chi connectivity index (χ3v) is 5.29. The second-order valence-electron chi connectivity index (χ2n) is 6.96. The zero-order chi connectivity index (χ0) is 17.5. The molecule has 0 radical (unpaired) electrons. The number of fused-ring (bicyclic) bond motifs is 2. The summed E-state index contributed by atoms with van der Waals surface area (Å²) in [6, 6.07) is 24.2. The van der Waals surface area contributed by atoms with E-state index in [4.69, 9.17) is 0 Å². The first kappa shape index (κ1) is 15.1. The minimum Gasteiger partial charge on any atom is -0.348 e. The highest BCUT2D eigenvalue weighted by atomic mass is 15.4. The van der Waals surface area contributed by atoms with Crippen molar-refractivity contribution >= 4 is 16.7 Å². The molecule has 4 heteroatoms. The quantitative estimate of drug-likeness (QED) is 0.565. The maximum absolute atomic E-state index is 4.51. The van der Waals surface area contributed by atoms with Gasteiger partial charge in [-0.3, -0.25) is 0 Å². The van der Waals surface area contributed by atoms with Crippen molar-refractivity contribution in [3.05, 3.63) is 89.7 Å². The van der Waals surface area contributed by atoms with E-state index in [1.54, 1.807) is 6.33 Å². The lowest BCUT2D eigenvalue weighted by Crippen LogP contribution is -2.28. The molecule has 1 aliphatic heterocycles. The van der Waals surface area contributed by atoms with Crippen molar-refractivity contribution in [3.8, 4) is 0 Å². The molecule has 0 amide bonds. The first-order chi connectivity index (χ1) is 12.8. The average molecular weight is 340 g/mol. The number of nitrogens with one attached hydrogen (secondary N) is 1. The van der Waals surface area contributed by atoms with Crippen LogP contribution in [0.2, 0.25) is 0 Å². The van der Waals surface area contributed by atoms with Crippen molar-refractivity contribution in [2.45, 2.75) is 25.4 Å². The standard InChI is InChI=1S/C22H20N4/c1-15-9-11-17(12-10-15)20-13-21(26-22(25-20)23-14-24-26)19-8-4-6-16-5-2-3-7-18(16)19/h2-12,14,20-21H,13H2,1H3,(H,23,24,25)/t20-,21+/m1/s1. The van der Waals surface area contributed by atoms with Crippen molar-refractivity contribution in [1.29, 1.82) is 0 Å². The Bertz CT molecular complexity index is 1060. The van der Waals surface area contributed by atoms with Gasteiger partial charge < -0.3 is 5.32 Å². The van der Waals surface area contributed by atoms with Gasteiger partial charge in [0.1, 0.15) is 6.33 Å². The van der Waals surface area contributed by atoms with E-state index in [0.29, 0.717) is 0 Å². The topological polar surface area (TPSA) is 42.7 Å². The number of rotatable bonds is 2. The minimum absolute atomic E-state index is 0.158. The van der Waals surface area contributed by atoms with E-state index >= 15 is 0 Å². The van der Waals surface area contributed by atoms with Crippen LogP contribution in [-0.4, -0.2) is 14.8 Å². The summed E-state index contributed by atoms with van der Waals surface area (Å²) in [7, 11) is 0. The molecule has 26 heavy (non-hydrogen) atoms. The summed E-state index contributed by atoms with van der Waals surface area (Å²) in [4.78, 5) is 4.45. The van der Waals surface area contributed by atoms with E-state index in [1.807, 2.05) is 4.68 Å². The maximum atomic E-state index is 4.51. The predicted octanol–water partition coefficient (Wildman–Crippen LogP) is 4.89. The van der Waals surface area contributed by atoms with Crippen LogP contribution in [0, 0.1) is 6.92 Å². The van der Waals surface area contributed by atoms with Gasteiger partial charge in [-0.25, -0.2) is 4.68 Å². The van der Waals surface area contributed by atoms with Crippen LogP contribution in [0.1, 0.15) is 35.2 Å². The SMILES string of the molecule is Cc1ccc([C@H]2C[C@@H](c3cccc4ccccc34)n3ncnc3N2)cc1. The molecule has 0 bridgehead atoms. The maximum Gasteiger partial charge on any atom is 0.222 e. The number of hydrogen-bond donors (Lipinski definition) is 1. The lowest BCUT2D eigenvalue weighted by atomic mass is 9.90. The molecule has 4 aromatic rings. The highest BCUT2D eigenvalue weighted by molar-refractivity contribution is 5.86. The van der Waals surface area contributed by atoms with Crippen LogP contribution >= 0.6 is 0 Å². The number of benzene rings is 3. The van der Waals surface area contributed by atoms with Gasteiger partial charge in [-0.15, -0.1) is 0 Å². The lowest BCUT2D eigenvalue weighted by molar-refractivity contribution is 0.433. The monoisotopic (exact) mass is 340 g/mol. The average Bonchev–Trinajstić information content (AvgIpc) is 3.16. The van der Waals surface area contributed by atoms with Gasteiger partial charge in [0.05, 0.1) is 12.1 Å². The third kappa shape index (κ3) is 2.46. The minimum atomic E-state index is 0.158. The van der Waals surface area contributed by atoms with Gasteiger partial charge in [0.2, 0.25) is 5.95 Å². The van der Waals surface area contributed by atoms with Crippen LogP contribution in [0.15, 0.2) is 73.1 Å². The van der Waals surface area contributed by atoms with Gasteiger partial charge in [-0.2, -0.15) is 10.1 Å². The Hall–Kier alpha value is -3.14. The number of aryl methyl sites for hydroxylation is 1. The molecule has 0 unspecified atom stereocenters. The highest BCUT2D eigenvalue weighted by Gasteiger charge is 2.30. The number of anilines is 1. The number of hydrogen-bond acceptors (Lipinski definition) is 3. The fraction of sp³-hybridized carbons (Fsp3) is 0.182. The van der Waals surface area contributed by atoms with Gasteiger partial charge >= 0.3 is 0 Å². The van der Waals surface area contributed by atoms with Crippen LogP contribution in [0.25, 0.3) is 10.8 Å². The molecule has 5 rings (SSSR count). The summed E-state index contributed by atoms with van der Waals surface area (Å²) < 4.78 is 2.02. The van der Waals surface area contributed by atoms with E-state index in [2.05, 4.69) is 89.1 Å². The number of nitrogens with zero attached hydrogens (tertiary/aromatic N) is 3. The molecule has 0 saturated heterocycles. The zero-order valence-electron chi connectivity index (χ0n) is 14.6. The van der Waals surface area contributed by atoms with Crippen LogP contribution < -0.4 is 5.32 Å². The summed E-state index contributed by atoms with van der Waals surface area (Å²) in [5.74, 6) is 0.833. The van der Waals surface area contributed by atoms with E-state index in [9.17, 15) is 0 Å². The molecular formula is C22H20N4. The summed E-state index contributed by atoms with van der Waals surface area (Å²) in [6.45, 7) is 2.12. The molecule has 1 aromatic heterocycles. The van der Waals surface area contributed by atoms with Crippen molar-refractivity contribution in [3.63, 3.8) is 0 Å². The van der Waals surface area contributed by atoms with Crippen LogP contribution in [-0.2, 0) is 0 Å². The molecule has 1 aliphatic rings. The van der Waals surface area contributed by atoms with Crippen molar-refractivity contribution in [2.24, 2.45) is 0 Å². The Morgan fingerprint density at radius 1 is 0.962 bits per heavy atom. The number of aromatic nitrogens is 3. The smallest absolute Gasteiger partial charge is 0.222 e. The molecule has 4 nitrogen and oxygen atoms in total. The van der Waals surface area contributed by atoms with Gasteiger partial charge in [0.25, 0.3) is 0 Å². The molecule has 128 valence electrons. The molecule has 3 aromatic carbocycles. The van der Waals surface area contributed by atoms with Gasteiger partial charge in [-0.1, -0.05) is 72.3 Å². The Kier molecular flexibility index (Phi) is 3.49. The van der Waals surface area contributed by atoms with Crippen molar-refractivity contribution in [1.82, 2.24) is 14.8 Å². The third-order valence-electron chi connectivity index (χ3n) is 5.29. The lowest BCUT2D eigenvalue weighted by Gasteiger charge is -2.32. The van der Waals surface area contributed by atoms with Crippen LogP contribution in [0.3, 0.4) is 0 Å². The Labute approximate surface area is 152 Å². The molecule has 0 aliphatic carbocycles. The van der Waals surface area contributed by atoms with Crippen LogP contribution in [0.4, 0.5) is 5.95 Å². The van der Waals surface area contributed by atoms with Crippen LogP contribution in [0.5, 0.6) is 0 Å². The van der Waals surface area contributed by atoms with Crippen molar-refractivity contribution in [2.75, 3.05) is 5.32 Å². The second kappa shape index (κ2) is 5.99. The Morgan fingerprint density at radius 3 is 2.65 bits per heavy atom. The van der Waals surface area contributed by atoms with Gasteiger partial charge in [-0.05, 0) is 35.2 Å². The summed E-state index contributed by atoms with van der Waals surface area (Å²) >= 11 is 0. The largest absolute Gasteiger partial charge is 0.348 e. The normalized spacial score (nSPS) is 19.1. The summed E-state index contributed by atoms with van der Waals surface area (Å²) in [6.07, 6.45) is 2.57. The molecule has 2 heterocycles. The zero-order valence-corrected chi connectivity index (χ0v) is 14.6. The van der Waals surface area contributed by atoms with Gasteiger partial charge in [0, 0.05) is 0 Å². The molecular weight excluding hydrogens is 320 g/mol. The van der Waals surface area contributed by atoms with E-state index in [1.165, 1.54) is 27.5 Å². The molecule has 0 saturated carbocycles. The predicted molar refractivity (Wildman–Crippen MR) is 104 cm³/mol. The Balaban J connectivity index is 1.62. The van der Waals surface area contributed by atoms with Gasteiger partial charge in [0.15, 0.2) is 0 Å². The highest BCUT2D eigenvalue weighted by Crippen LogP contribution is 2.39. The molecule has 0 spiro atoms. The molecule has 1 N–H and O–H groups in total. The molecule has 0 fully saturated rings. The van der Waals surface area contributed by atoms with Crippen molar-refractivity contribution < 1.29 is 0 Å². The summed E-state index contributed by atoms with van der Waals surface area (Å²) in [5, 5.41) is 10.6. The Morgan fingerprint density at radius 2 is 1.77 bits per heavy atom. The first-order valence-electron chi connectivity index (χ1n) is 9.00. The van der Waals surface area contributed by atoms with E-state index < -0.39 is 0 Å². The summed E-state index contributed by atoms with van der Waals surface area (Å²) in [5.41, 5.74) is 3.86. The fourth-order valence-electron chi connectivity index (χ4n) is 3.94.